The molecule has 1 N–H and O–H groups in total. The summed E-state index contributed by atoms with van der Waals surface area (Å²) in [5, 5.41) is 9.73. The van der Waals surface area contributed by atoms with Gasteiger partial charge in [-0.2, -0.15) is 0 Å². The lowest BCUT2D eigenvalue weighted by Crippen LogP contribution is -1.87. The van der Waals surface area contributed by atoms with Crippen LogP contribution in [0, 0.1) is 0 Å². The topological polar surface area (TPSA) is 29.5 Å². The van der Waals surface area contributed by atoms with E-state index in [1.54, 1.807) is 6.07 Å². The lowest BCUT2D eigenvalue weighted by atomic mass is 10.0. The summed E-state index contributed by atoms with van der Waals surface area (Å²) in [6, 6.07) is 15.3. The fourth-order valence-corrected chi connectivity index (χ4v) is 2.01. The molecule has 17 heavy (non-hydrogen) atoms. The van der Waals surface area contributed by atoms with Gasteiger partial charge in [-0.05, 0) is 18.2 Å². The van der Waals surface area contributed by atoms with Crippen LogP contribution >= 0.6 is 0 Å². The van der Waals surface area contributed by atoms with E-state index in [0.717, 1.165) is 22.4 Å². The second-order valence-electron chi connectivity index (χ2n) is 4.01. The molecule has 0 atom stereocenters. The summed E-state index contributed by atoms with van der Waals surface area (Å²) in [6.45, 7) is 0.563. The predicted molar refractivity (Wildman–Crippen MR) is 67.9 cm³/mol. The van der Waals surface area contributed by atoms with Gasteiger partial charge in [-0.1, -0.05) is 36.4 Å². The summed E-state index contributed by atoms with van der Waals surface area (Å²) < 4.78 is 5.57. The van der Waals surface area contributed by atoms with Crippen molar-refractivity contribution in [2.45, 2.75) is 0 Å². The average molecular weight is 224 g/mol. The number of benzene rings is 2. The maximum atomic E-state index is 9.73. The largest absolute Gasteiger partial charge is 0.507 e. The third-order valence-corrected chi connectivity index (χ3v) is 2.88. The molecule has 0 radical (unpaired) electrons. The van der Waals surface area contributed by atoms with Crippen molar-refractivity contribution < 1.29 is 9.84 Å². The van der Waals surface area contributed by atoms with Crippen LogP contribution in [-0.4, -0.2) is 11.7 Å². The van der Waals surface area contributed by atoms with E-state index in [1.165, 1.54) is 0 Å². The minimum Gasteiger partial charge on any atom is -0.507 e. The number of phenolic OH excluding ortho intramolecular Hbond substituents is 1. The Hall–Kier alpha value is -2.22. The number of para-hydroxylation sites is 2. The zero-order valence-corrected chi connectivity index (χ0v) is 9.26. The van der Waals surface area contributed by atoms with Crippen LogP contribution in [0.1, 0.15) is 11.1 Å². The highest BCUT2D eigenvalue weighted by Crippen LogP contribution is 2.34. The Kier molecular flexibility index (Phi) is 2.33. The highest BCUT2D eigenvalue weighted by atomic mass is 16.5. The van der Waals surface area contributed by atoms with Crippen molar-refractivity contribution in [1.82, 2.24) is 0 Å². The molecule has 84 valence electrons. The van der Waals surface area contributed by atoms with Crippen LogP contribution in [0.3, 0.4) is 0 Å². The SMILES string of the molecule is Oc1ccccc1C=C1COc2ccccc21. The lowest BCUT2D eigenvalue weighted by Gasteiger charge is -2.00. The van der Waals surface area contributed by atoms with Crippen molar-refractivity contribution >= 4 is 11.6 Å². The van der Waals surface area contributed by atoms with Crippen LogP contribution in [0.15, 0.2) is 48.5 Å². The summed E-state index contributed by atoms with van der Waals surface area (Å²) in [4.78, 5) is 0. The smallest absolute Gasteiger partial charge is 0.127 e. The van der Waals surface area contributed by atoms with Gasteiger partial charge in [0.1, 0.15) is 18.1 Å². The molecule has 0 saturated heterocycles. The number of phenols is 1. The van der Waals surface area contributed by atoms with Gasteiger partial charge in [0, 0.05) is 16.7 Å². The van der Waals surface area contributed by atoms with Crippen LogP contribution in [-0.2, 0) is 0 Å². The maximum absolute atomic E-state index is 9.73. The van der Waals surface area contributed by atoms with E-state index in [0.29, 0.717) is 12.4 Å². The number of ether oxygens (including phenoxy) is 1. The Balaban J connectivity index is 2.05. The molecule has 0 spiro atoms. The molecule has 0 unspecified atom stereocenters. The van der Waals surface area contributed by atoms with Gasteiger partial charge in [0.25, 0.3) is 0 Å². The first kappa shape index (κ1) is 9.97. The molecule has 0 aromatic heterocycles. The summed E-state index contributed by atoms with van der Waals surface area (Å²) in [5.41, 5.74) is 3.03. The molecule has 0 fully saturated rings. The standard InChI is InChI=1S/C15H12O2/c16-14-7-3-1-5-11(14)9-12-10-17-15-8-4-2-6-13(12)15/h1-9,16H,10H2. The Morgan fingerprint density at radius 3 is 2.65 bits per heavy atom. The average Bonchev–Trinajstić information content (AvgIpc) is 2.76. The molecule has 2 nitrogen and oxygen atoms in total. The zero-order chi connectivity index (χ0) is 11.7. The van der Waals surface area contributed by atoms with E-state index >= 15 is 0 Å². The minimum absolute atomic E-state index is 0.296. The second-order valence-corrected chi connectivity index (χ2v) is 4.01. The van der Waals surface area contributed by atoms with Crippen molar-refractivity contribution in [3.8, 4) is 11.5 Å². The molecule has 0 bridgehead atoms. The number of fused-ring (bicyclic) bond motifs is 1. The first-order valence-electron chi connectivity index (χ1n) is 5.55. The van der Waals surface area contributed by atoms with Gasteiger partial charge in [0.2, 0.25) is 0 Å². The van der Waals surface area contributed by atoms with E-state index in [-0.39, 0.29) is 0 Å². The summed E-state index contributed by atoms with van der Waals surface area (Å²) in [6.07, 6.45) is 1.97. The molecule has 2 heteroatoms. The van der Waals surface area contributed by atoms with Crippen molar-refractivity contribution in [2.75, 3.05) is 6.61 Å². The van der Waals surface area contributed by atoms with Crippen molar-refractivity contribution in [3.63, 3.8) is 0 Å². The third-order valence-electron chi connectivity index (χ3n) is 2.88. The third kappa shape index (κ3) is 1.78. The Morgan fingerprint density at radius 2 is 1.76 bits per heavy atom. The summed E-state index contributed by atoms with van der Waals surface area (Å²) >= 11 is 0. The Morgan fingerprint density at radius 1 is 1.00 bits per heavy atom. The summed E-state index contributed by atoms with van der Waals surface area (Å²) in [5.74, 6) is 1.21. The molecule has 3 rings (SSSR count). The molecule has 0 amide bonds. The van der Waals surface area contributed by atoms with Crippen molar-refractivity contribution in [2.24, 2.45) is 0 Å². The normalized spacial score (nSPS) is 15.6. The van der Waals surface area contributed by atoms with Crippen molar-refractivity contribution in [3.05, 3.63) is 59.7 Å². The molecular weight excluding hydrogens is 212 g/mol. The van der Waals surface area contributed by atoms with E-state index in [9.17, 15) is 5.11 Å². The van der Waals surface area contributed by atoms with Crippen LogP contribution in [0.2, 0.25) is 0 Å². The van der Waals surface area contributed by atoms with Crippen LogP contribution in [0.5, 0.6) is 11.5 Å². The van der Waals surface area contributed by atoms with Gasteiger partial charge < -0.3 is 9.84 Å². The maximum Gasteiger partial charge on any atom is 0.127 e. The van der Waals surface area contributed by atoms with Crippen molar-refractivity contribution in [1.29, 1.82) is 0 Å². The Labute approximate surface area is 99.8 Å². The zero-order valence-electron chi connectivity index (χ0n) is 9.26. The van der Waals surface area contributed by atoms with Crippen LogP contribution in [0.4, 0.5) is 0 Å². The second kappa shape index (κ2) is 3.98. The van der Waals surface area contributed by atoms with Gasteiger partial charge in [-0.25, -0.2) is 0 Å². The van der Waals surface area contributed by atoms with E-state index in [1.807, 2.05) is 48.5 Å². The highest BCUT2D eigenvalue weighted by molar-refractivity contribution is 5.87. The quantitative estimate of drug-likeness (QED) is 0.805. The molecule has 1 aliphatic heterocycles. The Bertz CT molecular complexity index is 585. The minimum atomic E-state index is 0.296. The van der Waals surface area contributed by atoms with E-state index in [2.05, 4.69) is 0 Å². The molecule has 0 aliphatic carbocycles. The number of hydrogen-bond donors (Lipinski definition) is 1. The molecular formula is C15H12O2. The summed E-state index contributed by atoms with van der Waals surface area (Å²) in [7, 11) is 0. The molecule has 2 aromatic rings. The fourth-order valence-electron chi connectivity index (χ4n) is 2.01. The number of rotatable bonds is 1. The van der Waals surface area contributed by atoms with E-state index < -0.39 is 0 Å². The lowest BCUT2D eigenvalue weighted by molar-refractivity contribution is 0.389. The predicted octanol–water partition coefficient (Wildman–Crippen LogP) is 3.33. The van der Waals surface area contributed by atoms with Gasteiger partial charge in [0.05, 0.1) is 0 Å². The van der Waals surface area contributed by atoms with Gasteiger partial charge in [0.15, 0.2) is 0 Å². The first-order valence-corrected chi connectivity index (χ1v) is 5.55. The highest BCUT2D eigenvalue weighted by Gasteiger charge is 2.16. The van der Waals surface area contributed by atoms with Gasteiger partial charge in [-0.15, -0.1) is 0 Å². The van der Waals surface area contributed by atoms with Gasteiger partial charge in [-0.3, -0.25) is 0 Å². The monoisotopic (exact) mass is 224 g/mol. The van der Waals surface area contributed by atoms with E-state index in [4.69, 9.17) is 4.74 Å². The number of hydrogen-bond acceptors (Lipinski definition) is 2. The molecule has 1 heterocycles. The van der Waals surface area contributed by atoms with Crippen LogP contribution in [0.25, 0.3) is 11.6 Å². The van der Waals surface area contributed by atoms with Gasteiger partial charge >= 0.3 is 0 Å². The molecule has 2 aromatic carbocycles. The molecule has 1 aliphatic rings. The fraction of sp³-hybridized carbons (Fsp3) is 0.0667. The van der Waals surface area contributed by atoms with Crippen LogP contribution < -0.4 is 4.74 Å². The number of aromatic hydroxyl groups is 1. The molecule has 0 saturated carbocycles. The first-order chi connectivity index (χ1) is 8.34.